The number of nitrogens with one attached hydrogen (secondary N) is 1. The van der Waals surface area contributed by atoms with Gasteiger partial charge in [-0.25, -0.2) is 9.59 Å². The molecule has 1 saturated heterocycles. The van der Waals surface area contributed by atoms with Crippen LogP contribution >= 0.6 is 0 Å². The van der Waals surface area contributed by atoms with E-state index in [2.05, 4.69) is 12.2 Å². The molecule has 0 spiro atoms. The number of aliphatic carboxylic acids is 1. The number of imide groups is 1. The first-order valence-electron chi connectivity index (χ1n) is 5.50. The topological polar surface area (TPSA) is 86.7 Å². The van der Waals surface area contributed by atoms with Crippen molar-refractivity contribution in [3.63, 3.8) is 0 Å². The molecule has 0 unspecified atom stereocenters. The molecule has 1 rings (SSSR count). The molecule has 0 aromatic carbocycles. The molecule has 1 heterocycles. The molecule has 0 aromatic heterocycles. The average Bonchev–Trinajstić information content (AvgIpc) is 2.27. The van der Waals surface area contributed by atoms with Crippen molar-refractivity contribution in [2.24, 2.45) is 5.92 Å². The lowest BCUT2D eigenvalue weighted by Crippen LogP contribution is -2.45. The molecule has 6 heteroatoms. The Morgan fingerprint density at radius 2 is 1.82 bits per heavy atom. The first kappa shape index (κ1) is 13.2. The molecule has 1 aliphatic heterocycles. The standard InChI is InChI=1S/C11H16N2O4/c1-8-4-6-13(7-5-8)11(17)12-9(14)2-3-10(15)16/h2-3,8H,4-7H2,1H3,(H,15,16)(H,12,14,17)/b3-2+. The highest BCUT2D eigenvalue weighted by atomic mass is 16.4. The lowest BCUT2D eigenvalue weighted by atomic mass is 10.00. The zero-order chi connectivity index (χ0) is 12.8. The van der Waals surface area contributed by atoms with Crippen LogP contribution in [0.2, 0.25) is 0 Å². The monoisotopic (exact) mass is 240 g/mol. The van der Waals surface area contributed by atoms with Crippen LogP contribution in [0.3, 0.4) is 0 Å². The largest absolute Gasteiger partial charge is 0.478 e. The number of amides is 3. The average molecular weight is 240 g/mol. The van der Waals surface area contributed by atoms with E-state index in [-0.39, 0.29) is 0 Å². The molecule has 0 atom stereocenters. The van der Waals surface area contributed by atoms with Crippen LogP contribution in [0, 0.1) is 5.92 Å². The van der Waals surface area contributed by atoms with E-state index < -0.39 is 17.9 Å². The highest BCUT2D eigenvalue weighted by Crippen LogP contribution is 2.15. The molecule has 0 aromatic rings. The third kappa shape index (κ3) is 4.67. The van der Waals surface area contributed by atoms with E-state index in [1.165, 1.54) is 0 Å². The van der Waals surface area contributed by atoms with Crippen molar-refractivity contribution in [1.29, 1.82) is 0 Å². The Morgan fingerprint density at radius 3 is 2.35 bits per heavy atom. The summed E-state index contributed by atoms with van der Waals surface area (Å²) in [5, 5.41) is 10.4. The lowest BCUT2D eigenvalue weighted by Gasteiger charge is -2.29. The summed E-state index contributed by atoms with van der Waals surface area (Å²) in [5.74, 6) is -1.34. The molecule has 0 radical (unpaired) electrons. The van der Waals surface area contributed by atoms with E-state index in [1.54, 1.807) is 4.90 Å². The predicted molar refractivity (Wildman–Crippen MR) is 60.3 cm³/mol. The number of hydrogen-bond acceptors (Lipinski definition) is 3. The number of piperidine rings is 1. The van der Waals surface area contributed by atoms with Crippen LogP contribution in [0.1, 0.15) is 19.8 Å². The van der Waals surface area contributed by atoms with Crippen LogP contribution in [-0.2, 0) is 9.59 Å². The number of rotatable bonds is 2. The Balaban J connectivity index is 2.38. The van der Waals surface area contributed by atoms with Crippen molar-refractivity contribution in [2.75, 3.05) is 13.1 Å². The highest BCUT2D eigenvalue weighted by Gasteiger charge is 2.20. The molecule has 6 nitrogen and oxygen atoms in total. The van der Waals surface area contributed by atoms with E-state index in [0.29, 0.717) is 25.1 Å². The van der Waals surface area contributed by atoms with Crippen molar-refractivity contribution in [2.45, 2.75) is 19.8 Å². The predicted octanol–water partition coefficient (Wildman–Crippen LogP) is 0.595. The Kier molecular flexibility index (Phi) is 4.68. The molecule has 0 saturated carbocycles. The van der Waals surface area contributed by atoms with Gasteiger partial charge in [0.1, 0.15) is 0 Å². The van der Waals surface area contributed by atoms with Gasteiger partial charge >= 0.3 is 12.0 Å². The molecular weight excluding hydrogens is 224 g/mol. The number of carbonyl (C=O) groups excluding carboxylic acids is 2. The van der Waals surface area contributed by atoms with Gasteiger partial charge < -0.3 is 10.0 Å². The molecule has 0 bridgehead atoms. The number of hydrogen-bond donors (Lipinski definition) is 2. The summed E-state index contributed by atoms with van der Waals surface area (Å²) in [5.41, 5.74) is 0. The second-order valence-corrected chi connectivity index (χ2v) is 4.14. The maximum atomic E-state index is 11.6. The summed E-state index contributed by atoms with van der Waals surface area (Å²) < 4.78 is 0. The quantitative estimate of drug-likeness (QED) is 0.692. The Morgan fingerprint density at radius 1 is 1.24 bits per heavy atom. The minimum atomic E-state index is -1.22. The molecule has 1 aliphatic rings. The number of carbonyl (C=O) groups is 3. The molecule has 1 fully saturated rings. The van der Waals surface area contributed by atoms with Gasteiger partial charge in [0, 0.05) is 25.2 Å². The first-order valence-corrected chi connectivity index (χ1v) is 5.50. The van der Waals surface area contributed by atoms with E-state index in [0.717, 1.165) is 18.9 Å². The number of likely N-dealkylation sites (tertiary alicyclic amines) is 1. The van der Waals surface area contributed by atoms with Crippen LogP contribution in [0.15, 0.2) is 12.2 Å². The molecule has 0 aliphatic carbocycles. The van der Waals surface area contributed by atoms with Crippen molar-refractivity contribution in [1.82, 2.24) is 10.2 Å². The lowest BCUT2D eigenvalue weighted by molar-refractivity contribution is -0.131. The number of urea groups is 1. The molecular formula is C11H16N2O4. The summed E-state index contributed by atoms with van der Waals surface area (Å²) in [4.78, 5) is 34.5. The van der Waals surface area contributed by atoms with Crippen LogP contribution in [0.5, 0.6) is 0 Å². The van der Waals surface area contributed by atoms with Gasteiger partial charge in [0.25, 0.3) is 5.91 Å². The van der Waals surface area contributed by atoms with Crippen molar-refractivity contribution in [3.05, 3.63) is 12.2 Å². The van der Waals surface area contributed by atoms with Crippen molar-refractivity contribution < 1.29 is 19.5 Å². The van der Waals surface area contributed by atoms with Crippen LogP contribution in [0.25, 0.3) is 0 Å². The number of nitrogens with zero attached hydrogens (tertiary/aromatic N) is 1. The fraction of sp³-hybridized carbons (Fsp3) is 0.545. The van der Waals surface area contributed by atoms with Gasteiger partial charge in [-0.3, -0.25) is 10.1 Å². The summed E-state index contributed by atoms with van der Waals surface area (Å²) in [7, 11) is 0. The van der Waals surface area contributed by atoms with E-state index in [9.17, 15) is 14.4 Å². The van der Waals surface area contributed by atoms with E-state index in [1.807, 2.05) is 0 Å². The fourth-order valence-electron chi connectivity index (χ4n) is 1.58. The first-order chi connectivity index (χ1) is 7.99. The highest BCUT2D eigenvalue weighted by molar-refractivity contribution is 6.02. The van der Waals surface area contributed by atoms with Crippen molar-refractivity contribution in [3.8, 4) is 0 Å². The van der Waals surface area contributed by atoms with E-state index in [4.69, 9.17) is 5.11 Å². The van der Waals surface area contributed by atoms with Gasteiger partial charge in [-0.15, -0.1) is 0 Å². The molecule has 2 N–H and O–H groups in total. The van der Waals surface area contributed by atoms with Crippen LogP contribution in [0.4, 0.5) is 4.79 Å². The van der Waals surface area contributed by atoms with Gasteiger partial charge in [-0.1, -0.05) is 6.92 Å². The Hall–Kier alpha value is -1.85. The second kappa shape index (κ2) is 6.03. The minimum absolute atomic E-state index is 0.461. The van der Waals surface area contributed by atoms with Gasteiger partial charge in [-0.2, -0.15) is 0 Å². The molecule has 3 amide bonds. The van der Waals surface area contributed by atoms with Gasteiger partial charge in [0.05, 0.1) is 0 Å². The maximum Gasteiger partial charge on any atom is 0.328 e. The second-order valence-electron chi connectivity index (χ2n) is 4.14. The zero-order valence-electron chi connectivity index (χ0n) is 9.68. The number of carboxylic acid groups (broad SMARTS) is 1. The fourth-order valence-corrected chi connectivity index (χ4v) is 1.58. The summed E-state index contributed by atoms with van der Waals surface area (Å²) in [6.45, 7) is 3.38. The normalized spacial score (nSPS) is 17.1. The van der Waals surface area contributed by atoms with Gasteiger partial charge in [-0.05, 0) is 18.8 Å². The zero-order valence-corrected chi connectivity index (χ0v) is 9.68. The third-order valence-electron chi connectivity index (χ3n) is 2.68. The SMILES string of the molecule is CC1CCN(C(=O)NC(=O)/C=C/C(=O)O)CC1. The van der Waals surface area contributed by atoms with Crippen LogP contribution < -0.4 is 5.32 Å². The molecule has 17 heavy (non-hydrogen) atoms. The molecule has 94 valence electrons. The Bertz CT molecular complexity index is 343. The maximum absolute atomic E-state index is 11.6. The summed E-state index contributed by atoms with van der Waals surface area (Å²) >= 11 is 0. The van der Waals surface area contributed by atoms with Crippen LogP contribution in [-0.4, -0.2) is 41.0 Å². The summed E-state index contributed by atoms with van der Waals surface area (Å²) in [6.07, 6.45) is 3.37. The van der Waals surface area contributed by atoms with Gasteiger partial charge in [0.2, 0.25) is 0 Å². The van der Waals surface area contributed by atoms with E-state index >= 15 is 0 Å². The third-order valence-corrected chi connectivity index (χ3v) is 2.68. The summed E-state index contributed by atoms with van der Waals surface area (Å²) in [6, 6.07) is -0.461. The Labute approximate surface area is 99.3 Å². The number of carboxylic acids is 1. The smallest absolute Gasteiger partial charge is 0.328 e. The minimum Gasteiger partial charge on any atom is -0.478 e. The van der Waals surface area contributed by atoms with Crippen molar-refractivity contribution >= 4 is 17.9 Å². The van der Waals surface area contributed by atoms with Gasteiger partial charge in [0.15, 0.2) is 0 Å².